The molecule has 27 heavy (non-hydrogen) atoms. The molecular formula is C19H19Cl2N3O3. The van der Waals surface area contributed by atoms with Crippen LogP contribution in [-0.4, -0.2) is 49.6 Å². The van der Waals surface area contributed by atoms with Gasteiger partial charge in [0.05, 0.1) is 30.5 Å². The van der Waals surface area contributed by atoms with Crippen LogP contribution in [0.2, 0.25) is 10.0 Å². The van der Waals surface area contributed by atoms with Crippen LogP contribution in [0, 0.1) is 0 Å². The SMILES string of the molecule is O=C(CNc1cccc(C(=O)N2CCOCC2)c1)Nc1ccc(Cl)cc1Cl. The monoisotopic (exact) mass is 407 g/mol. The molecule has 8 heteroatoms. The number of hydrogen-bond donors (Lipinski definition) is 2. The molecule has 1 fully saturated rings. The number of amides is 2. The third kappa shape index (κ3) is 5.35. The van der Waals surface area contributed by atoms with Crippen LogP contribution in [0.3, 0.4) is 0 Å². The highest BCUT2D eigenvalue weighted by molar-refractivity contribution is 6.36. The van der Waals surface area contributed by atoms with E-state index in [0.717, 1.165) is 0 Å². The van der Waals surface area contributed by atoms with Gasteiger partial charge < -0.3 is 20.3 Å². The number of nitrogens with zero attached hydrogens (tertiary/aromatic N) is 1. The zero-order valence-electron chi connectivity index (χ0n) is 14.5. The molecule has 0 aliphatic carbocycles. The fourth-order valence-corrected chi connectivity index (χ4v) is 3.13. The number of ether oxygens (including phenoxy) is 1. The van der Waals surface area contributed by atoms with E-state index in [4.69, 9.17) is 27.9 Å². The third-order valence-electron chi connectivity index (χ3n) is 4.07. The van der Waals surface area contributed by atoms with Crippen molar-refractivity contribution in [3.8, 4) is 0 Å². The van der Waals surface area contributed by atoms with Gasteiger partial charge in [-0.1, -0.05) is 29.3 Å². The molecule has 0 atom stereocenters. The van der Waals surface area contributed by atoms with E-state index >= 15 is 0 Å². The number of benzene rings is 2. The van der Waals surface area contributed by atoms with Gasteiger partial charge in [-0.15, -0.1) is 0 Å². The Labute approximate surface area is 167 Å². The fourth-order valence-electron chi connectivity index (χ4n) is 2.68. The van der Waals surface area contributed by atoms with Gasteiger partial charge in [-0.2, -0.15) is 0 Å². The van der Waals surface area contributed by atoms with Crippen LogP contribution in [0.5, 0.6) is 0 Å². The van der Waals surface area contributed by atoms with Gasteiger partial charge in [0.15, 0.2) is 0 Å². The van der Waals surface area contributed by atoms with Crippen LogP contribution in [0.15, 0.2) is 42.5 Å². The predicted octanol–water partition coefficient (Wildman–Crippen LogP) is 3.52. The fraction of sp³-hybridized carbons (Fsp3) is 0.263. The van der Waals surface area contributed by atoms with Crippen molar-refractivity contribution in [1.29, 1.82) is 0 Å². The van der Waals surface area contributed by atoms with E-state index in [1.54, 1.807) is 47.4 Å². The number of morpholine rings is 1. The Morgan fingerprint density at radius 1 is 1.07 bits per heavy atom. The summed E-state index contributed by atoms with van der Waals surface area (Å²) >= 11 is 11.9. The van der Waals surface area contributed by atoms with E-state index in [0.29, 0.717) is 53.3 Å². The maximum absolute atomic E-state index is 12.5. The Bertz CT molecular complexity index is 839. The molecule has 0 saturated carbocycles. The second-order valence-electron chi connectivity index (χ2n) is 6.01. The Morgan fingerprint density at radius 2 is 1.85 bits per heavy atom. The second-order valence-corrected chi connectivity index (χ2v) is 6.85. The summed E-state index contributed by atoms with van der Waals surface area (Å²) in [5, 5.41) is 6.60. The summed E-state index contributed by atoms with van der Waals surface area (Å²) in [6.07, 6.45) is 0. The summed E-state index contributed by atoms with van der Waals surface area (Å²) in [5.41, 5.74) is 1.75. The van der Waals surface area contributed by atoms with E-state index in [1.807, 2.05) is 0 Å². The van der Waals surface area contributed by atoms with Crippen molar-refractivity contribution in [3.63, 3.8) is 0 Å². The highest BCUT2D eigenvalue weighted by Crippen LogP contribution is 2.25. The van der Waals surface area contributed by atoms with Crippen molar-refractivity contribution in [2.45, 2.75) is 0 Å². The number of anilines is 2. The van der Waals surface area contributed by atoms with Gasteiger partial charge >= 0.3 is 0 Å². The van der Waals surface area contributed by atoms with Gasteiger partial charge in [0.1, 0.15) is 0 Å². The highest BCUT2D eigenvalue weighted by atomic mass is 35.5. The zero-order valence-corrected chi connectivity index (χ0v) is 16.0. The lowest BCUT2D eigenvalue weighted by atomic mass is 10.1. The lowest BCUT2D eigenvalue weighted by molar-refractivity contribution is -0.114. The van der Waals surface area contributed by atoms with Crippen molar-refractivity contribution in [3.05, 3.63) is 58.1 Å². The molecule has 2 N–H and O–H groups in total. The summed E-state index contributed by atoms with van der Waals surface area (Å²) in [7, 11) is 0. The first-order valence-corrected chi connectivity index (χ1v) is 9.24. The van der Waals surface area contributed by atoms with E-state index in [1.165, 1.54) is 0 Å². The minimum Gasteiger partial charge on any atom is -0.378 e. The molecule has 3 rings (SSSR count). The maximum atomic E-state index is 12.5. The van der Waals surface area contributed by atoms with E-state index in [9.17, 15) is 9.59 Å². The van der Waals surface area contributed by atoms with E-state index < -0.39 is 0 Å². The molecule has 1 aliphatic heterocycles. The number of halogens is 2. The van der Waals surface area contributed by atoms with Crippen molar-refractivity contribution < 1.29 is 14.3 Å². The first kappa shape index (κ1) is 19.5. The van der Waals surface area contributed by atoms with Crippen LogP contribution < -0.4 is 10.6 Å². The van der Waals surface area contributed by atoms with Crippen LogP contribution in [0.1, 0.15) is 10.4 Å². The second kappa shape index (κ2) is 9.08. The molecule has 0 spiro atoms. The minimum absolute atomic E-state index is 0.0359. The smallest absolute Gasteiger partial charge is 0.254 e. The van der Waals surface area contributed by atoms with Crippen LogP contribution >= 0.6 is 23.2 Å². The molecule has 142 valence electrons. The van der Waals surface area contributed by atoms with Crippen molar-refractivity contribution in [2.24, 2.45) is 0 Å². The van der Waals surface area contributed by atoms with Crippen molar-refractivity contribution >= 4 is 46.4 Å². The normalized spacial score (nSPS) is 13.9. The van der Waals surface area contributed by atoms with Gasteiger partial charge in [-0.3, -0.25) is 9.59 Å². The van der Waals surface area contributed by atoms with Gasteiger partial charge in [-0.25, -0.2) is 0 Å². The Kier molecular flexibility index (Phi) is 6.55. The predicted molar refractivity (Wildman–Crippen MR) is 107 cm³/mol. The molecule has 0 bridgehead atoms. The molecule has 2 aromatic carbocycles. The molecule has 0 unspecified atom stereocenters. The topological polar surface area (TPSA) is 70.7 Å². The zero-order chi connectivity index (χ0) is 19.2. The quantitative estimate of drug-likeness (QED) is 0.795. The van der Waals surface area contributed by atoms with Gasteiger partial charge in [0.25, 0.3) is 5.91 Å². The van der Waals surface area contributed by atoms with Gasteiger partial charge in [0, 0.05) is 29.4 Å². The molecular weight excluding hydrogens is 389 g/mol. The largest absolute Gasteiger partial charge is 0.378 e. The Hall–Kier alpha value is -2.28. The molecule has 0 radical (unpaired) electrons. The number of nitrogens with one attached hydrogen (secondary N) is 2. The Morgan fingerprint density at radius 3 is 2.59 bits per heavy atom. The van der Waals surface area contributed by atoms with Crippen molar-refractivity contribution in [2.75, 3.05) is 43.5 Å². The van der Waals surface area contributed by atoms with E-state index in [2.05, 4.69) is 10.6 Å². The highest BCUT2D eigenvalue weighted by Gasteiger charge is 2.18. The lowest BCUT2D eigenvalue weighted by Gasteiger charge is -2.27. The Balaban J connectivity index is 1.57. The first-order chi connectivity index (χ1) is 13.0. The van der Waals surface area contributed by atoms with Crippen LogP contribution in [0.25, 0.3) is 0 Å². The lowest BCUT2D eigenvalue weighted by Crippen LogP contribution is -2.40. The van der Waals surface area contributed by atoms with Crippen molar-refractivity contribution in [1.82, 2.24) is 4.90 Å². The molecule has 2 aromatic rings. The number of carbonyl (C=O) groups excluding carboxylic acids is 2. The summed E-state index contributed by atoms with van der Waals surface area (Å²) in [6.45, 7) is 2.31. The average Bonchev–Trinajstić information content (AvgIpc) is 2.69. The minimum atomic E-state index is -0.260. The van der Waals surface area contributed by atoms with E-state index in [-0.39, 0.29) is 18.4 Å². The van der Waals surface area contributed by atoms with Crippen LogP contribution in [0.4, 0.5) is 11.4 Å². The molecule has 0 aromatic heterocycles. The molecule has 1 saturated heterocycles. The standard InChI is InChI=1S/C19H19Cl2N3O3/c20-14-4-5-17(16(21)11-14)23-18(25)12-22-15-3-1-2-13(10-15)19(26)24-6-8-27-9-7-24/h1-5,10-11,22H,6-9,12H2,(H,23,25). The number of rotatable bonds is 5. The number of carbonyl (C=O) groups is 2. The average molecular weight is 408 g/mol. The third-order valence-corrected chi connectivity index (χ3v) is 4.61. The molecule has 1 heterocycles. The van der Waals surface area contributed by atoms with Gasteiger partial charge in [0.2, 0.25) is 5.91 Å². The summed E-state index contributed by atoms with van der Waals surface area (Å²) < 4.78 is 5.27. The first-order valence-electron chi connectivity index (χ1n) is 8.49. The summed E-state index contributed by atoms with van der Waals surface area (Å²) in [4.78, 5) is 26.4. The number of hydrogen-bond acceptors (Lipinski definition) is 4. The maximum Gasteiger partial charge on any atom is 0.254 e. The summed E-state index contributed by atoms with van der Waals surface area (Å²) in [6, 6.07) is 11.9. The summed E-state index contributed by atoms with van der Waals surface area (Å²) in [5.74, 6) is -0.302. The molecule has 6 nitrogen and oxygen atoms in total. The van der Waals surface area contributed by atoms with Crippen LogP contribution in [-0.2, 0) is 9.53 Å². The van der Waals surface area contributed by atoms with Gasteiger partial charge in [-0.05, 0) is 36.4 Å². The molecule has 1 aliphatic rings. The molecule has 2 amide bonds.